The summed E-state index contributed by atoms with van der Waals surface area (Å²) in [5, 5.41) is 11.9. The number of anilines is 1. The molecule has 0 spiro atoms. The molecule has 1 aromatic carbocycles. The number of benzene rings is 1. The molecule has 0 bridgehead atoms. The first-order valence-corrected chi connectivity index (χ1v) is 8.93. The highest BCUT2D eigenvalue weighted by Crippen LogP contribution is 2.26. The molecule has 0 aromatic heterocycles. The molecule has 1 unspecified atom stereocenters. The number of nitrogens with zero attached hydrogens (tertiary/aromatic N) is 2. The fraction of sp³-hybridized carbons (Fsp3) is 0.533. The molecule has 5 nitrogen and oxygen atoms in total. The van der Waals surface area contributed by atoms with Crippen LogP contribution < -0.4 is 5.32 Å². The Hall–Kier alpha value is -0.470. The Bertz CT molecular complexity index is 520. The number of carbonyl (C=O) groups is 1. The van der Waals surface area contributed by atoms with Gasteiger partial charge in [-0.25, -0.2) is 0 Å². The molecule has 2 rings (SSSR count). The van der Waals surface area contributed by atoms with E-state index in [1.54, 1.807) is 0 Å². The third-order valence-electron chi connectivity index (χ3n) is 3.94. The molecule has 1 aliphatic heterocycles. The number of aliphatic hydroxyl groups excluding tert-OH is 1. The lowest BCUT2D eigenvalue weighted by atomic mass is 10.2. The van der Waals surface area contributed by atoms with Crippen molar-refractivity contribution in [2.24, 2.45) is 0 Å². The fourth-order valence-corrected chi connectivity index (χ4v) is 3.66. The van der Waals surface area contributed by atoms with Crippen LogP contribution in [0.1, 0.15) is 6.92 Å². The van der Waals surface area contributed by atoms with E-state index in [9.17, 15) is 4.79 Å². The zero-order valence-corrected chi connectivity index (χ0v) is 15.7. The summed E-state index contributed by atoms with van der Waals surface area (Å²) in [5.41, 5.74) is 0.777. The van der Waals surface area contributed by atoms with Gasteiger partial charge in [0.25, 0.3) is 0 Å². The normalized spacial score (nSPS) is 18.2. The van der Waals surface area contributed by atoms with E-state index in [1.165, 1.54) is 0 Å². The van der Waals surface area contributed by atoms with Crippen LogP contribution in [0.15, 0.2) is 27.1 Å². The Kier molecular flexibility index (Phi) is 6.83. The van der Waals surface area contributed by atoms with Crippen molar-refractivity contribution in [1.82, 2.24) is 9.80 Å². The van der Waals surface area contributed by atoms with Gasteiger partial charge < -0.3 is 10.4 Å². The number of amides is 1. The van der Waals surface area contributed by atoms with E-state index in [4.69, 9.17) is 5.11 Å². The highest BCUT2D eigenvalue weighted by Gasteiger charge is 2.25. The van der Waals surface area contributed by atoms with E-state index >= 15 is 0 Å². The Balaban J connectivity index is 1.90. The standard InChI is InChI=1S/C15H21Br2N3O2/c1-11(20-6-4-19(5-7-20)8-9-21)15(22)18-14-3-2-12(16)10-13(14)17/h2-3,10-11,21H,4-9H2,1H3,(H,18,22). The summed E-state index contributed by atoms with van der Waals surface area (Å²) in [7, 11) is 0. The Morgan fingerprint density at radius 3 is 2.59 bits per heavy atom. The van der Waals surface area contributed by atoms with Crippen molar-refractivity contribution in [2.75, 3.05) is 44.6 Å². The summed E-state index contributed by atoms with van der Waals surface area (Å²) in [6, 6.07) is 5.51. The van der Waals surface area contributed by atoms with E-state index in [0.717, 1.165) is 40.8 Å². The van der Waals surface area contributed by atoms with Crippen LogP contribution in [-0.2, 0) is 4.79 Å². The van der Waals surface area contributed by atoms with Crippen LogP contribution in [0.3, 0.4) is 0 Å². The first-order chi connectivity index (χ1) is 10.5. The van der Waals surface area contributed by atoms with Crippen LogP contribution in [0.25, 0.3) is 0 Å². The highest BCUT2D eigenvalue weighted by atomic mass is 79.9. The molecule has 1 atom stereocenters. The summed E-state index contributed by atoms with van der Waals surface area (Å²) < 4.78 is 1.82. The molecular formula is C15H21Br2N3O2. The second-order valence-electron chi connectivity index (χ2n) is 5.39. The lowest BCUT2D eigenvalue weighted by Gasteiger charge is -2.37. The SMILES string of the molecule is CC(C(=O)Nc1ccc(Br)cc1Br)N1CCN(CCO)CC1. The topological polar surface area (TPSA) is 55.8 Å². The van der Waals surface area contributed by atoms with Crippen molar-refractivity contribution in [3.05, 3.63) is 27.1 Å². The minimum Gasteiger partial charge on any atom is -0.395 e. The fourth-order valence-electron chi connectivity index (χ4n) is 2.51. The molecule has 1 saturated heterocycles. The van der Waals surface area contributed by atoms with Gasteiger partial charge in [0.2, 0.25) is 5.91 Å². The summed E-state index contributed by atoms with van der Waals surface area (Å²) in [5.74, 6) is -0.00127. The second kappa shape index (κ2) is 8.40. The Labute approximate surface area is 147 Å². The molecule has 1 amide bonds. The maximum Gasteiger partial charge on any atom is 0.241 e. The van der Waals surface area contributed by atoms with E-state index < -0.39 is 0 Å². The van der Waals surface area contributed by atoms with Crippen molar-refractivity contribution in [1.29, 1.82) is 0 Å². The van der Waals surface area contributed by atoms with Crippen LogP contribution >= 0.6 is 31.9 Å². The lowest BCUT2D eigenvalue weighted by Crippen LogP contribution is -2.53. The van der Waals surface area contributed by atoms with Gasteiger partial charge >= 0.3 is 0 Å². The van der Waals surface area contributed by atoms with Gasteiger partial charge in [0.05, 0.1) is 18.3 Å². The van der Waals surface area contributed by atoms with E-state index in [0.29, 0.717) is 6.54 Å². The maximum absolute atomic E-state index is 12.4. The quantitative estimate of drug-likeness (QED) is 0.745. The molecule has 122 valence electrons. The van der Waals surface area contributed by atoms with Crippen molar-refractivity contribution in [3.63, 3.8) is 0 Å². The zero-order chi connectivity index (χ0) is 16.1. The number of rotatable bonds is 5. The first-order valence-electron chi connectivity index (χ1n) is 7.34. The molecule has 1 aromatic rings. The third-order valence-corrected chi connectivity index (χ3v) is 5.09. The van der Waals surface area contributed by atoms with Crippen molar-refractivity contribution in [3.8, 4) is 0 Å². The van der Waals surface area contributed by atoms with Gasteiger partial charge in [0.15, 0.2) is 0 Å². The van der Waals surface area contributed by atoms with Gasteiger partial charge in [0.1, 0.15) is 0 Å². The molecule has 0 saturated carbocycles. The van der Waals surface area contributed by atoms with Gasteiger partial charge in [0, 0.05) is 41.7 Å². The molecule has 0 aliphatic carbocycles. The predicted molar refractivity (Wildman–Crippen MR) is 95.0 cm³/mol. The highest BCUT2D eigenvalue weighted by molar-refractivity contribution is 9.11. The Morgan fingerprint density at radius 1 is 1.32 bits per heavy atom. The van der Waals surface area contributed by atoms with Crippen molar-refractivity contribution >= 4 is 43.5 Å². The van der Waals surface area contributed by atoms with Crippen LogP contribution in [-0.4, -0.2) is 66.2 Å². The number of β-amino-alcohol motifs (C(OH)–C–C–N with tert-alkyl or cyclic N) is 1. The Morgan fingerprint density at radius 2 is 2.00 bits per heavy atom. The first kappa shape index (κ1) is 17.9. The van der Waals surface area contributed by atoms with E-state index in [-0.39, 0.29) is 18.6 Å². The zero-order valence-electron chi connectivity index (χ0n) is 12.6. The minimum atomic E-state index is -0.174. The number of nitrogens with one attached hydrogen (secondary N) is 1. The van der Waals surface area contributed by atoms with Crippen molar-refractivity contribution < 1.29 is 9.90 Å². The molecule has 2 N–H and O–H groups in total. The number of piperazine rings is 1. The number of carbonyl (C=O) groups excluding carboxylic acids is 1. The average Bonchev–Trinajstić information content (AvgIpc) is 2.50. The minimum absolute atomic E-state index is 0.00127. The largest absolute Gasteiger partial charge is 0.395 e. The van der Waals surface area contributed by atoms with Gasteiger partial charge in [-0.3, -0.25) is 14.6 Å². The van der Waals surface area contributed by atoms with Gasteiger partial charge in [-0.15, -0.1) is 0 Å². The molecule has 22 heavy (non-hydrogen) atoms. The lowest BCUT2D eigenvalue weighted by molar-refractivity contribution is -0.121. The average molecular weight is 435 g/mol. The van der Waals surface area contributed by atoms with Crippen LogP contribution in [0.2, 0.25) is 0 Å². The van der Waals surface area contributed by atoms with E-state index in [2.05, 4.69) is 47.0 Å². The smallest absolute Gasteiger partial charge is 0.241 e. The molecule has 1 aliphatic rings. The van der Waals surface area contributed by atoms with Gasteiger partial charge in [-0.2, -0.15) is 0 Å². The van der Waals surface area contributed by atoms with Crippen LogP contribution in [0.5, 0.6) is 0 Å². The van der Waals surface area contributed by atoms with Gasteiger partial charge in [-0.1, -0.05) is 15.9 Å². The summed E-state index contributed by atoms with van der Waals surface area (Å²) >= 11 is 6.86. The van der Waals surface area contributed by atoms with Gasteiger partial charge in [-0.05, 0) is 41.1 Å². The number of halogens is 2. The maximum atomic E-state index is 12.4. The second-order valence-corrected chi connectivity index (χ2v) is 7.16. The summed E-state index contributed by atoms with van der Waals surface area (Å²) in [6.45, 7) is 6.30. The molecule has 1 heterocycles. The number of aliphatic hydroxyl groups is 1. The molecule has 1 fully saturated rings. The third kappa shape index (κ3) is 4.76. The number of hydrogen-bond acceptors (Lipinski definition) is 4. The summed E-state index contributed by atoms with van der Waals surface area (Å²) in [4.78, 5) is 16.8. The van der Waals surface area contributed by atoms with Crippen molar-refractivity contribution in [2.45, 2.75) is 13.0 Å². The molecular weight excluding hydrogens is 414 g/mol. The molecule has 7 heteroatoms. The summed E-state index contributed by atoms with van der Waals surface area (Å²) in [6.07, 6.45) is 0. The predicted octanol–water partition coefficient (Wildman–Crippen LogP) is 2.15. The van der Waals surface area contributed by atoms with Crippen LogP contribution in [0.4, 0.5) is 5.69 Å². The van der Waals surface area contributed by atoms with E-state index in [1.807, 2.05) is 25.1 Å². The monoisotopic (exact) mass is 433 g/mol. The molecule has 0 radical (unpaired) electrons. The number of hydrogen-bond donors (Lipinski definition) is 2. The van der Waals surface area contributed by atoms with Crippen LogP contribution in [0, 0.1) is 0 Å².